The molecule has 2 rings (SSSR count). The third kappa shape index (κ3) is 3.69. The van der Waals surface area contributed by atoms with Gasteiger partial charge < -0.3 is 19.5 Å². The predicted molar refractivity (Wildman–Crippen MR) is 70.8 cm³/mol. The number of ether oxygens (including phenoxy) is 2. The summed E-state index contributed by atoms with van der Waals surface area (Å²) in [7, 11) is 0. The molecule has 1 aliphatic rings. The molecule has 0 saturated carbocycles. The number of carbonyl (C=O) groups is 2. The Labute approximate surface area is 121 Å². The van der Waals surface area contributed by atoms with Crippen LogP contribution in [0, 0.1) is 5.82 Å². The summed E-state index contributed by atoms with van der Waals surface area (Å²) in [5, 5.41) is 8.74. The number of hydrogen-bond acceptors (Lipinski definition) is 4. The number of carbonyl (C=O) groups excluding carboxylic acids is 1. The first kappa shape index (κ1) is 15.2. The minimum atomic E-state index is -1.35. The van der Waals surface area contributed by atoms with E-state index in [1.165, 1.54) is 6.07 Å². The number of halogens is 1. The molecule has 1 saturated heterocycles. The van der Waals surface area contributed by atoms with Gasteiger partial charge in [-0.05, 0) is 19.1 Å². The molecule has 7 heteroatoms. The van der Waals surface area contributed by atoms with Gasteiger partial charge >= 0.3 is 5.97 Å². The second kappa shape index (κ2) is 6.53. The maximum absolute atomic E-state index is 13.5. The van der Waals surface area contributed by atoms with E-state index >= 15 is 0 Å². The first-order valence-corrected chi connectivity index (χ1v) is 6.55. The highest BCUT2D eigenvalue weighted by Gasteiger charge is 2.24. The van der Waals surface area contributed by atoms with Crippen molar-refractivity contribution in [2.24, 2.45) is 0 Å². The first-order chi connectivity index (χ1) is 9.99. The van der Waals surface area contributed by atoms with E-state index in [2.05, 4.69) is 0 Å². The molecule has 1 aromatic rings. The maximum atomic E-state index is 13.5. The van der Waals surface area contributed by atoms with Crippen molar-refractivity contribution in [2.45, 2.75) is 13.0 Å². The molecule has 1 atom stereocenters. The molecule has 114 valence electrons. The van der Waals surface area contributed by atoms with Crippen molar-refractivity contribution in [3.05, 3.63) is 29.6 Å². The second-order valence-electron chi connectivity index (χ2n) is 4.64. The summed E-state index contributed by atoms with van der Waals surface area (Å²) in [4.78, 5) is 24.5. The van der Waals surface area contributed by atoms with Gasteiger partial charge in [0, 0.05) is 19.2 Å². The first-order valence-electron chi connectivity index (χ1n) is 6.55. The van der Waals surface area contributed by atoms with Crippen LogP contribution in [0.1, 0.15) is 17.3 Å². The summed E-state index contributed by atoms with van der Waals surface area (Å²) in [6.07, 6.45) is -0.779. The van der Waals surface area contributed by atoms with Crippen LogP contribution in [0.3, 0.4) is 0 Å². The van der Waals surface area contributed by atoms with Crippen molar-refractivity contribution in [3.8, 4) is 5.75 Å². The highest BCUT2D eigenvalue weighted by atomic mass is 19.1. The number of carboxylic acids is 1. The number of aromatic carboxylic acids is 1. The van der Waals surface area contributed by atoms with Gasteiger partial charge in [-0.3, -0.25) is 4.79 Å². The zero-order chi connectivity index (χ0) is 15.4. The van der Waals surface area contributed by atoms with Gasteiger partial charge in [0.25, 0.3) is 5.91 Å². The van der Waals surface area contributed by atoms with Crippen LogP contribution in [0.25, 0.3) is 0 Å². The smallest absolute Gasteiger partial charge is 0.338 e. The lowest BCUT2D eigenvalue weighted by Crippen LogP contribution is -2.46. The summed E-state index contributed by atoms with van der Waals surface area (Å²) in [6, 6.07) is 3.40. The van der Waals surface area contributed by atoms with Crippen molar-refractivity contribution < 1.29 is 28.6 Å². The van der Waals surface area contributed by atoms with Crippen molar-refractivity contribution in [2.75, 3.05) is 26.3 Å². The quantitative estimate of drug-likeness (QED) is 0.902. The van der Waals surface area contributed by atoms with Crippen LogP contribution in [-0.2, 0) is 9.53 Å². The zero-order valence-corrected chi connectivity index (χ0v) is 11.5. The predicted octanol–water partition coefficient (Wildman–Crippen LogP) is 1.15. The lowest BCUT2D eigenvalue weighted by molar-refractivity contribution is -0.142. The van der Waals surface area contributed by atoms with Gasteiger partial charge in [0.15, 0.2) is 6.10 Å². The molecule has 21 heavy (non-hydrogen) atoms. The van der Waals surface area contributed by atoms with Crippen LogP contribution in [0.2, 0.25) is 0 Å². The Morgan fingerprint density at radius 3 is 2.62 bits per heavy atom. The Morgan fingerprint density at radius 1 is 1.38 bits per heavy atom. The molecule has 0 spiro atoms. The van der Waals surface area contributed by atoms with Crippen LogP contribution in [0.15, 0.2) is 18.2 Å². The third-order valence-corrected chi connectivity index (χ3v) is 3.15. The van der Waals surface area contributed by atoms with Crippen molar-refractivity contribution in [1.29, 1.82) is 0 Å². The number of rotatable bonds is 4. The van der Waals surface area contributed by atoms with Crippen LogP contribution in [-0.4, -0.2) is 54.3 Å². The maximum Gasteiger partial charge on any atom is 0.338 e. The average Bonchev–Trinajstić information content (AvgIpc) is 2.47. The molecule has 1 aromatic carbocycles. The second-order valence-corrected chi connectivity index (χ2v) is 4.64. The summed E-state index contributed by atoms with van der Waals surface area (Å²) in [6.45, 7) is 3.54. The van der Waals surface area contributed by atoms with E-state index in [-0.39, 0.29) is 11.7 Å². The fourth-order valence-corrected chi connectivity index (χ4v) is 2.04. The van der Waals surface area contributed by atoms with E-state index in [1.807, 2.05) is 0 Å². The van der Waals surface area contributed by atoms with Gasteiger partial charge in [0.05, 0.1) is 18.8 Å². The van der Waals surface area contributed by atoms with Gasteiger partial charge in [-0.15, -0.1) is 0 Å². The fraction of sp³-hybridized carbons (Fsp3) is 0.429. The Morgan fingerprint density at radius 2 is 2.05 bits per heavy atom. The molecular formula is C14H16FNO5. The molecule has 1 aliphatic heterocycles. The number of morpholine rings is 1. The highest BCUT2D eigenvalue weighted by Crippen LogP contribution is 2.18. The Bertz CT molecular complexity index is 542. The molecule has 6 nitrogen and oxygen atoms in total. The van der Waals surface area contributed by atoms with Crippen molar-refractivity contribution in [1.82, 2.24) is 4.90 Å². The van der Waals surface area contributed by atoms with E-state index < -0.39 is 23.5 Å². The van der Waals surface area contributed by atoms with Crippen LogP contribution >= 0.6 is 0 Å². The average molecular weight is 297 g/mol. The van der Waals surface area contributed by atoms with Crippen LogP contribution < -0.4 is 4.74 Å². The molecule has 0 aromatic heterocycles. The summed E-state index contributed by atoms with van der Waals surface area (Å²) >= 11 is 0. The lowest BCUT2D eigenvalue weighted by Gasteiger charge is -2.29. The Balaban J connectivity index is 2.01. The van der Waals surface area contributed by atoms with Gasteiger partial charge in [0.2, 0.25) is 0 Å². The van der Waals surface area contributed by atoms with Gasteiger partial charge in [-0.1, -0.05) is 0 Å². The number of hydrogen-bond donors (Lipinski definition) is 1. The van der Waals surface area contributed by atoms with E-state index in [4.69, 9.17) is 14.6 Å². The number of amides is 1. The molecule has 1 unspecified atom stereocenters. The van der Waals surface area contributed by atoms with E-state index in [0.717, 1.165) is 12.1 Å². The van der Waals surface area contributed by atoms with E-state index in [1.54, 1.807) is 11.8 Å². The fourth-order valence-electron chi connectivity index (χ4n) is 2.04. The van der Waals surface area contributed by atoms with E-state index in [9.17, 15) is 14.0 Å². The molecule has 1 fully saturated rings. The molecule has 1 amide bonds. The highest BCUT2D eigenvalue weighted by molar-refractivity contribution is 5.88. The van der Waals surface area contributed by atoms with Gasteiger partial charge in [0.1, 0.15) is 11.6 Å². The molecule has 1 N–H and O–H groups in total. The monoisotopic (exact) mass is 297 g/mol. The minimum Gasteiger partial charge on any atom is -0.481 e. The van der Waals surface area contributed by atoms with Crippen molar-refractivity contribution >= 4 is 11.9 Å². The summed E-state index contributed by atoms with van der Waals surface area (Å²) in [5.41, 5.74) is -0.436. The lowest BCUT2D eigenvalue weighted by atomic mass is 10.2. The molecule has 1 heterocycles. The SMILES string of the molecule is CC(Oc1ccc(C(=O)O)c(F)c1)C(=O)N1CCOCC1. The molecule has 0 radical (unpaired) electrons. The normalized spacial score (nSPS) is 16.4. The van der Waals surface area contributed by atoms with E-state index in [0.29, 0.717) is 26.3 Å². The van der Waals surface area contributed by atoms with Gasteiger partial charge in [-0.2, -0.15) is 0 Å². The molecular weight excluding hydrogens is 281 g/mol. The Kier molecular flexibility index (Phi) is 4.74. The zero-order valence-electron chi connectivity index (χ0n) is 11.5. The number of benzene rings is 1. The minimum absolute atomic E-state index is 0.117. The van der Waals surface area contributed by atoms with Crippen molar-refractivity contribution in [3.63, 3.8) is 0 Å². The number of nitrogens with zero attached hydrogens (tertiary/aromatic N) is 1. The Hall–Kier alpha value is -2.15. The van der Waals surface area contributed by atoms with Crippen LogP contribution in [0.4, 0.5) is 4.39 Å². The largest absolute Gasteiger partial charge is 0.481 e. The third-order valence-electron chi connectivity index (χ3n) is 3.15. The molecule has 0 aliphatic carbocycles. The van der Waals surface area contributed by atoms with Crippen LogP contribution in [0.5, 0.6) is 5.75 Å². The van der Waals surface area contributed by atoms with Gasteiger partial charge in [-0.25, -0.2) is 9.18 Å². The summed E-state index contributed by atoms with van der Waals surface area (Å²) in [5.74, 6) is -2.34. The standard InChI is InChI=1S/C14H16FNO5/c1-9(13(17)16-4-6-20-7-5-16)21-10-2-3-11(14(18)19)12(15)8-10/h2-3,8-9H,4-7H2,1H3,(H,18,19). The molecule has 0 bridgehead atoms. The topological polar surface area (TPSA) is 76.1 Å². The summed E-state index contributed by atoms with van der Waals surface area (Å²) < 4.78 is 24.1. The number of carboxylic acid groups (broad SMARTS) is 1.